The molecule has 1 fully saturated rings. The summed E-state index contributed by atoms with van der Waals surface area (Å²) in [6.07, 6.45) is 3.43. The zero-order valence-electron chi connectivity index (χ0n) is 17.3. The molecule has 3 aromatic rings. The van der Waals surface area contributed by atoms with Gasteiger partial charge in [-0.15, -0.1) is 5.10 Å². The van der Waals surface area contributed by atoms with Gasteiger partial charge in [0.2, 0.25) is 0 Å². The molecule has 1 aromatic carbocycles. The Morgan fingerprint density at radius 2 is 1.93 bits per heavy atom. The van der Waals surface area contributed by atoms with Gasteiger partial charge in [0.25, 0.3) is 5.56 Å². The van der Waals surface area contributed by atoms with Gasteiger partial charge in [0, 0.05) is 18.1 Å². The maximum atomic E-state index is 13.2. The monoisotopic (exact) mass is 396 g/mol. The van der Waals surface area contributed by atoms with E-state index < -0.39 is 0 Å². The Morgan fingerprint density at radius 1 is 1.17 bits per heavy atom. The standard InChI is InChI=1S/C21H28N6O2/c1-14-7-8-15(2)18-16(14)13-17(21(28)22-18)19(26-9-5-4-6-10-26)20-23-24-25-27(20)11-12-29-3/h7-8,13,19H,4-6,9-12H2,1-3H3,(H,22,28)/t19-/m0/s1. The number of aromatic nitrogens is 5. The molecule has 3 heterocycles. The van der Waals surface area contributed by atoms with E-state index in [1.54, 1.807) is 11.8 Å². The summed E-state index contributed by atoms with van der Waals surface area (Å²) in [7, 11) is 1.66. The first-order valence-corrected chi connectivity index (χ1v) is 10.2. The highest BCUT2D eigenvalue weighted by Crippen LogP contribution is 2.30. The molecule has 0 aliphatic carbocycles. The average Bonchev–Trinajstić information content (AvgIpc) is 3.19. The lowest BCUT2D eigenvalue weighted by Crippen LogP contribution is -2.38. The van der Waals surface area contributed by atoms with E-state index >= 15 is 0 Å². The van der Waals surface area contributed by atoms with Crippen molar-refractivity contribution < 1.29 is 4.74 Å². The summed E-state index contributed by atoms with van der Waals surface area (Å²) in [6, 6.07) is 5.89. The van der Waals surface area contributed by atoms with Gasteiger partial charge in [0.1, 0.15) is 6.04 Å². The minimum absolute atomic E-state index is 0.0805. The third kappa shape index (κ3) is 3.82. The molecular weight excluding hydrogens is 368 g/mol. The number of aryl methyl sites for hydroxylation is 2. The molecule has 0 saturated carbocycles. The molecule has 0 unspecified atom stereocenters. The van der Waals surface area contributed by atoms with Gasteiger partial charge in [-0.25, -0.2) is 4.68 Å². The SMILES string of the molecule is COCCn1nnnc1[C@H](c1cc2c(C)ccc(C)c2[nH]c1=O)N1CCCCC1. The molecule has 4 rings (SSSR count). The third-order valence-electron chi connectivity index (χ3n) is 5.83. The van der Waals surface area contributed by atoms with Crippen LogP contribution < -0.4 is 5.56 Å². The Labute approximate surface area is 169 Å². The molecule has 0 bridgehead atoms. The minimum atomic E-state index is -0.282. The van der Waals surface area contributed by atoms with Crippen LogP contribution in [0.3, 0.4) is 0 Å². The molecule has 1 N–H and O–H groups in total. The topological polar surface area (TPSA) is 88.9 Å². The summed E-state index contributed by atoms with van der Waals surface area (Å²) in [5.74, 6) is 0.694. The Bertz CT molecular complexity index is 1050. The number of aromatic amines is 1. The van der Waals surface area contributed by atoms with Crippen LogP contribution in [-0.4, -0.2) is 56.9 Å². The molecule has 0 amide bonds. The maximum Gasteiger partial charge on any atom is 0.253 e. The van der Waals surface area contributed by atoms with Crippen LogP contribution in [0.4, 0.5) is 0 Å². The predicted molar refractivity (Wildman–Crippen MR) is 111 cm³/mol. The fourth-order valence-corrected chi connectivity index (χ4v) is 4.21. The lowest BCUT2D eigenvalue weighted by Gasteiger charge is -2.33. The quantitative estimate of drug-likeness (QED) is 0.688. The van der Waals surface area contributed by atoms with Crippen LogP contribution in [0.1, 0.15) is 47.8 Å². The van der Waals surface area contributed by atoms with Crippen LogP contribution in [0.5, 0.6) is 0 Å². The van der Waals surface area contributed by atoms with Crippen LogP contribution in [0.2, 0.25) is 0 Å². The van der Waals surface area contributed by atoms with Gasteiger partial charge in [-0.2, -0.15) is 0 Å². The molecule has 1 saturated heterocycles. The number of hydrogen-bond donors (Lipinski definition) is 1. The van der Waals surface area contributed by atoms with E-state index in [1.807, 2.05) is 19.1 Å². The van der Waals surface area contributed by atoms with E-state index in [-0.39, 0.29) is 11.6 Å². The second kappa shape index (κ2) is 8.42. The average molecular weight is 396 g/mol. The van der Waals surface area contributed by atoms with Crippen LogP contribution >= 0.6 is 0 Å². The number of ether oxygens (including phenoxy) is 1. The van der Waals surface area contributed by atoms with Crippen LogP contribution in [-0.2, 0) is 11.3 Å². The fourth-order valence-electron chi connectivity index (χ4n) is 4.21. The van der Waals surface area contributed by atoms with Gasteiger partial charge in [0.15, 0.2) is 5.82 Å². The normalized spacial score (nSPS) is 16.4. The molecule has 0 spiro atoms. The largest absolute Gasteiger partial charge is 0.383 e. The number of tetrazole rings is 1. The zero-order valence-corrected chi connectivity index (χ0v) is 17.3. The molecule has 8 nitrogen and oxygen atoms in total. The highest BCUT2D eigenvalue weighted by molar-refractivity contribution is 5.85. The number of pyridine rings is 1. The molecular formula is C21H28N6O2. The summed E-state index contributed by atoms with van der Waals surface area (Å²) in [5, 5.41) is 13.5. The van der Waals surface area contributed by atoms with E-state index in [4.69, 9.17) is 4.74 Å². The highest BCUT2D eigenvalue weighted by Gasteiger charge is 2.31. The number of benzene rings is 1. The Morgan fingerprint density at radius 3 is 2.69 bits per heavy atom. The number of H-pyrrole nitrogens is 1. The van der Waals surface area contributed by atoms with E-state index in [9.17, 15) is 4.79 Å². The predicted octanol–water partition coefficient (Wildman–Crippen LogP) is 2.35. The number of nitrogens with one attached hydrogen (secondary N) is 1. The Hall–Kier alpha value is -2.58. The highest BCUT2D eigenvalue weighted by atomic mass is 16.5. The van der Waals surface area contributed by atoms with Gasteiger partial charge in [-0.1, -0.05) is 18.6 Å². The number of rotatable bonds is 6. The van der Waals surface area contributed by atoms with E-state index in [0.29, 0.717) is 24.5 Å². The number of piperidine rings is 1. The van der Waals surface area contributed by atoms with Gasteiger partial charge < -0.3 is 9.72 Å². The first kappa shape index (κ1) is 19.7. The van der Waals surface area contributed by atoms with E-state index in [0.717, 1.165) is 48.0 Å². The molecule has 2 aromatic heterocycles. The van der Waals surface area contributed by atoms with Crippen molar-refractivity contribution in [2.24, 2.45) is 0 Å². The van der Waals surface area contributed by atoms with Crippen molar-refractivity contribution in [3.8, 4) is 0 Å². The molecule has 29 heavy (non-hydrogen) atoms. The van der Waals surface area contributed by atoms with Gasteiger partial charge in [-0.3, -0.25) is 9.69 Å². The lowest BCUT2D eigenvalue weighted by atomic mass is 9.98. The third-order valence-corrected chi connectivity index (χ3v) is 5.83. The van der Waals surface area contributed by atoms with Crippen molar-refractivity contribution in [2.75, 3.05) is 26.8 Å². The smallest absolute Gasteiger partial charge is 0.253 e. The second-order valence-electron chi connectivity index (χ2n) is 7.79. The van der Waals surface area contributed by atoms with Crippen LogP contribution in [0.25, 0.3) is 10.9 Å². The Kier molecular flexibility index (Phi) is 5.73. The van der Waals surface area contributed by atoms with E-state index in [2.05, 4.69) is 38.4 Å². The number of nitrogens with zero attached hydrogens (tertiary/aromatic N) is 5. The molecule has 8 heteroatoms. The molecule has 154 valence electrons. The number of methoxy groups -OCH3 is 1. The summed E-state index contributed by atoms with van der Waals surface area (Å²) >= 11 is 0. The van der Waals surface area contributed by atoms with E-state index in [1.165, 1.54) is 6.42 Å². The zero-order chi connectivity index (χ0) is 20.4. The van der Waals surface area contributed by atoms with Crippen molar-refractivity contribution in [3.05, 3.63) is 51.1 Å². The minimum Gasteiger partial charge on any atom is -0.383 e. The molecule has 0 radical (unpaired) electrons. The summed E-state index contributed by atoms with van der Waals surface area (Å²) < 4.78 is 6.97. The molecule has 1 aliphatic heterocycles. The molecule has 1 aliphatic rings. The van der Waals surface area contributed by atoms with Crippen molar-refractivity contribution >= 4 is 10.9 Å². The second-order valence-corrected chi connectivity index (χ2v) is 7.79. The fraction of sp³-hybridized carbons (Fsp3) is 0.524. The van der Waals surface area contributed by atoms with Gasteiger partial charge >= 0.3 is 0 Å². The Balaban J connectivity index is 1.88. The number of fused-ring (bicyclic) bond motifs is 1. The van der Waals surface area contributed by atoms with Gasteiger partial charge in [0.05, 0.1) is 18.7 Å². The molecule has 1 atom stereocenters. The number of likely N-dealkylation sites (tertiary alicyclic amines) is 1. The lowest BCUT2D eigenvalue weighted by molar-refractivity contribution is 0.163. The van der Waals surface area contributed by atoms with Gasteiger partial charge in [-0.05, 0) is 67.4 Å². The van der Waals surface area contributed by atoms with Crippen molar-refractivity contribution in [3.63, 3.8) is 0 Å². The van der Waals surface area contributed by atoms with Crippen LogP contribution in [0.15, 0.2) is 23.0 Å². The summed E-state index contributed by atoms with van der Waals surface area (Å²) in [4.78, 5) is 18.7. The van der Waals surface area contributed by atoms with Crippen LogP contribution in [0, 0.1) is 13.8 Å². The summed E-state index contributed by atoms with van der Waals surface area (Å²) in [5.41, 5.74) is 3.72. The first-order chi connectivity index (χ1) is 14.1. The number of hydrogen-bond acceptors (Lipinski definition) is 6. The van der Waals surface area contributed by atoms with Crippen molar-refractivity contribution in [1.82, 2.24) is 30.1 Å². The summed E-state index contributed by atoms with van der Waals surface area (Å²) in [6.45, 7) is 7.00. The first-order valence-electron chi connectivity index (χ1n) is 10.2. The van der Waals surface area contributed by atoms with Crippen molar-refractivity contribution in [1.29, 1.82) is 0 Å². The maximum absolute atomic E-state index is 13.2. The van der Waals surface area contributed by atoms with Crippen molar-refractivity contribution in [2.45, 2.75) is 45.7 Å².